The fourth-order valence-electron chi connectivity index (χ4n) is 1.51. The molecule has 0 aromatic heterocycles. The highest BCUT2D eigenvalue weighted by atomic mass is 79.9. The van der Waals surface area contributed by atoms with Crippen molar-refractivity contribution in [1.82, 2.24) is 0 Å². The number of halogens is 1. The van der Waals surface area contributed by atoms with Gasteiger partial charge in [0.1, 0.15) is 5.70 Å². The minimum atomic E-state index is -0.662. The van der Waals surface area contributed by atoms with E-state index < -0.39 is 6.04 Å². The van der Waals surface area contributed by atoms with Crippen molar-refractivity contribution >= 4 is 27.6 Å². The van der Waals surface area contributed by atoms with E-state index in [2.05, 4.69) is 26.2 Å². The van der Waals surface area contributed by atoms with Gasteiger partial charge < -0.3 is 4.74 Å². The Labute approximate surface area is 108 Å². The fraction of sp³-hybridized carbons (Fsp3) is 0.250. The molecule has 2 rings (SSSR count). The molecule has 0 fully saturated rings. The van der Waals surface area contributed by atoms with E-state index in [1.165, 1.54) is 0 Å². The van der Waals surface area contributed by atoms with Crippen LogP contribution in [0.5, 0.6) is 0 Å². The van der Waals surface area contributed by atoms with Crippen LogP contribution in [0.3, 0.4) is 0 Å². The van der Waals surface area contributed by atoms with E-state index in [-0.39, 0.29) is 5.97 Å². The molecule has 0 unspecified atom stereocenters. The lowest BCUT2D eigenvalue weighted by atomic mass is 10.1. The number of hydrogen-bond donors (Lipinski definition) is 0. The summed E-state index contributed by atoms with van der Waals surface area (Å²) in [5.41, 5.74) is 1.61. The Morgan fingerprint density at radius 1 is 1.41 bits per heavy atom. The lowest BCUT2D eigenvalue weighted by Crippen LogP contribution is -2.20. The van der Waals surface area contributed by atoms with Crippen LogP contribution < -0.4 is 0 Å². The quantitative estimate of drug-likeness (QED) is 0.804. The van der Waals surface area contributed by atoms with E-state index in [1.54, 1.807) is 6.92 Å². The van der Waals surface area contributed by atoms with Gasteiger partial charge >= 0.3 is 5.97 Å². The van der Waals surface area contributed by atoms with E-state index in [4.69, 9.17) is 4.74 Å². The maximum absolute atomic E-state index is 11.6. The first kappa shape index (κ1) is 12.0. The highest BCUT2D eigenvalue weighted by Gasteiger charge is 2.30. The van der Waals surface area contributed by atoms with E-state index in [9.17, 15) is 4.79 Å². The van der Waals surface area contributed by atoms with Gasteiger partial charge in [-0.1, -0.05) is 46.3 Å². The van der Waals surface area contributed by atoms with Crippen LogP contribution in [0.25, 0.3) is 5.70 Å². The molecular formula is C12H11BrN2O2. The standard InChI is InChI=1S/C12H11BrN2O2/c1-2-17-12(16)11-9(13)10(14-15-11)8-6-4-3-5-7-8/h3-7,11H,2H2,1H3/t11-/m1/s1. The third-order valence-electron chi connectivity index (χ3n) is 2.30. The summed E-state index contributed by atoms with van der Waals surface area (Å²) in [7, 11) is 0. The number of rotatable bonds is 3. The molecule has 1 atom stereocenters. The predicted molar refractivity (Wildman–Crippen MR) is 67.6 cm³/mol. The van der Waals surface area contributed by atoms with Gasteiger partial charge in [0.25, 0.3) is 0 Å². The molecule has 0 bridgehead atoms. The Balaban J connectivity index is 2.27. The first-order valence-electron chi connectivity index (χ1n) is 5.26. The summed E-state index contributed by atoms with van der Waals surface area (Å²) in [5, 5.41) is 7.95. The molecule has 88 valence electrons. The smallest absolute Gasteiger partial charge is 0.338 e. The Morgan fingerprint density at radius 2 is 2.12 bits per heavy atom. The number of azo groups is 1. The number of hydrogen-bond acceptors (Lipinski definition) is 4. The van der Waals surface area contributed by atoms with Crippen molar-refractivity contribution in [3.05, 3.63) is 40.4 Å². The van der Waals surface area contributed by atoms with E-state index in [1.807, 2.05) is 30.3 Å². The van der Waals surface area contributed by atoms with E-state index >= 15 is 0 Å². The van der Waals surface area contributed by atoms with Gasteiger partial charge in [0.05, 0.1) is 11.1 Å². The SMILES string of the molecule is CCOC(=O)[C@@H]1N=NC(c2ccccc2)=C1Br. The van der Waals surface area contributed by atoms with Crippen molar-refractivity contribution in [2.45, 2.75) is 13.0 Å². The summed E-state index contributed by atoms with van der Waals surface area (Å²) >= 11 is 3.37. The van der Waals surface area contributed by atoms with Crippen LogP contribution in [-0.2, 0) is 9.53 Å². The molecule has 1 aliphatic heterocycles. The van der Waals surface area contributed by atoms with Gasteiger partial charge in [-0.2, -0.15) is 10.2 Å². The third-order valence-corrected chi connectivity index (χ3v) is 3.11. The van der Waals surface area contributed by atoms with Crippen LogP contribution in [0.1, 0.15) is 12.5 Å². The number of ether oxygens (including phenoxy) is 1. The highest BCUT2D eigenvalue weighted by Crippen LogP contribution is 2.34. The average Bonchev–Trinajstić information content (AvgIpc) is 2.72. The van der Waals surface area contributed by atoms with E-state index in [0.29, 0.717) is 16.8 Å². The molecule has 1 aromatic rings. The molecule has 0 N–H and O–H groups in total. The second kappa shape index (κ2) is 5.23. The van der Waals surface area contributed by atoms with Crippen LogP contribution in [0.15, 0.2) is 45.0 Å². The highest BCUT2D eigenvalue weighted by molar-refractivity contribution is 9.12. The summed E-state index contributed by atoms with van der Waals surface area (Å²) < 4.78 is 5.58. The molecule has 1 aliphatic rings. The van der Waals surface area contributed by atoms with Gasteiger partial charge in [-0.3, -0.25) is 0 Å². The van der Waals surface area contributed by atoms with Gasteiger partial charge in [0.2, 0.25) is 6.04 Å². The lowest BCUT2D eigenvalue weighted by Gasteiger charge is -2.05. The maximum atomic E-state index is 11.6. The average molecular weight is 295 g/mol. The molecule has 1 heterocycles. The Kier molecular flexibility index (Phi) is 3.68. The Morgan fingerprint density at radius 3 is 2.76 bits per heavy atom. The second-order valence-electron chi connectivity index (χ2n) is 3.43. The lowest BCUT2D eigenvalue weighted by molar-refractivity contribution is -0.143. The van der Waals surface area contributed by atoms with Crippen LogP contribution in [-0.4, -0.2) is 18.6 Å². The van der Waals surface area contributed by atoms with Crippen molar-refractivity contribution in [1.29, 1.82) is 0 Å². The summed E-state index contributed by atoms with van der Waals surface area (Å²) in [4.78, 5) is 11.6. The minimum absolute atomic E-state index is 0.339. The van der Waals surface area contributed by atoms with Gasteiger partial charge in [-0.15, -0.1) is 0 Å². The van der Waals surface area contributed by atoms with Gasteiger partial charge in [-0.25, -0.2) is 4.79 Å². The zero-order valence-electron chi connectivity index (χ0n) is 9.26. The Bertz CT molecular complexity index is 483. The second-order valence-corrected chi connectivity index (χ2v) is 4.29. The van der Waals surface area contributed by atoms with Crippen LogP contribution in [0.4, 0.5) is 0 Å². The molecule has 1 aromatic carbocycles. The first-order chi connectivity index (χ1) is 8.24. The number of benzene rings is 1. The summed E-state index contributed by atoms with van der Waals surface area (Å²) in [5.74, 6) is -0.381. The van der Waals surface area contributed by atoms with Gasteiger partial charge in [0, 0.05) is 5.56 Å². The van der Waals surface area contributed by atoms with Crippen LogP contribution >= 0.6 is 15.9 Å². The van der Waals surface area contributed by atoms with Crippen LogP contribution in [0.2, 0.25) is 0 Å². The van der Waals surface area contributed by atoms with Crippen LogP contribution in [0, 0.1) is 0 Å². The van der Waals surface area contributed by atoms with Crippen molar-refractivity contribution in [2.24, 2.45) is 10.2 Å². The molecular weight excluding hydrogens is 284 g/mol. The van der Waals surface area contributed by atoms with Crippen molar-refractivity contribution in [3.8, 4) is 0 Å². The monoisotopic (exact) mass is 294 g/mol. The maximum Gasteiger partial charge on any atom is 0.338 e. The third kappa shape index (κ3) is 2.44. The summed E-state index contributed by atoms with van der Waals surface area (Å²) in [6.07, 6.45) is 0. The van der Waals surface area contributed by atoms with Crippen molar-refractivity contribution in [2.75, 3.05) is 6.61 Å². The first-order valence-corrected chi connectivity index (χ1v) is 6.06. The molecule has 0 aliphatic carbocycles. The fourth-order valence-corrected chi connectivity index (χ4v) is 2.09. The normalized spacial score (nSPS) is 18.6. The van der Waals surface area contributed by atoms with Crippen molar-refractivity contribution < 1.29 is 9.53 Å². The summed E-state index contributed by atoms with van der Waals surface area (Å²) in [6, 6.07) is 8.93. The molecule has 0 amide bonds. The molecule has 0 saturated heterocycles. The topological polar surface area (TPSA) is 51.0 Å². The minimum Gasteiger partial charge on any atom is -0.464 e. The molecule has 4 nitrogen and oxygen atoms in total. The largest absolute Gasteiger partial charge is 0.464 e. The molecule has 0 saturated carbocycles. The Hall–Kier alpha value is -1.49. The molecule has 17 heavy (non-hydrogen) atoms. The van der Waals surface area contributed by atoms with Crippen molar-refractivity contribution in [3.63, 3.8) is 0 Å². The zero-order valence-corrected chi connectivity index (χ0v) is 10.8. The van der Waals surface area contributed by atoms with Gasteiger partial charge in [-0.05, 0) is 6.92 Å². The molecule has 0 radical (unpaired) electrons. The molecule has 0 spiro atoms. The number of nitrogens with zero attached hydrogens (tertiary/aromatic N) is 2. The number of carbonyl (C=O) groups excluding carboxylic acids is 1. The van der Waals surface area contributed by atoms with E-state index in [0.717, 1.165) is 5.56 Å². The number of esters is 1. The predicted octanol–water partition coefficient (Wildman–Crippen LogP) is 3.15. The molecule has 5 heteroatoms. The number of carbonyl (C=O) groups is 1. The van der Waals surface area contributed by atoms with Gasteiger partial charge in [0.15, 0.2) is 0 Å². The summed E-state index contributed by atoms with van der Waals surface area (Å²) in [6.45, 7) is 2.10. The zero-order chi connectivity index (χ0) is 12.3.